The second kappa shape index (κ2) is 15.7. The van der Waals surface area contributed by atoms with Crippen molar-refractivity contribution in [3.05, 3.63) is 48.2 Å². The normalized spacial score (nSPS) is 13.5. The summed E-state index contributed by atoms with van der Waals surface area (Å²) in [6, 6.07) is 0. The Morgan fingerprint density at radius 2 is 1.79 bits per heavy atom. The van der Waals surface area contributed by atoms with Gasteiger partial charge in [0.2, 0.25) is 0 Å². The van der Waals surface area contributed by atoms with Gasteiger partial charge in [-0.1, -0.05) is 45.2 Å². The van der Waals surface area contributed by atoms with E-state index in [9.17, 15) is 9.59 Å². The number of hydrogen-bond donors (Lipinski definition) is 2. The summed E-state index contributed by atoms with van der Waals surface area (Å²) in [6.45, 7) is 13.2. The predicted molar refractivity (Wildman–Crippen MR) is 100 cm³/mol. The van der Waals surface area contributed by atoms with Crippen LogP contribution < -0.4 is 11.1 Å². The third-order valence-corrected chi connectivity index (χ3v) is 3.03. The molecule has 0 fully saturated rings. The van der Waals surface area contributed by atoms with Gasteiger partial charge < -0.3 is 15.8 Å². The number of allylic oxidation sites excluding steroid dienone is 3. The largest absolute Gasteiger partial charge is 0.463 e. The molecule has 3 N–H and O–H groups in total. The molecule has 0 atom stereocenters. The van der Waals surface area contributed by atoms with E-state index in [1.54, 1.807) is 13.0 Å². The predicted octanol–water partition coefficient (Wildman–Crippen LogP) is 3.39. The van der Waals surface area contributed by atoms with Crippen LogP contribution in [-0.2, 0) is 14.3 Å². The highest BCUT2D eigenvalue weighted by Crippen LogP contribution is 2.24. The fourth-order valence-electron chi connectivity index (χ4n) is 2.06. The first-order valence-corrected chi connectivity index (χ1v) is 8.37. The van der Waals surface area contributed by atoms with E-state index in [-0.39, 0.29) is 11.9 Å². The zero-order chi connectivity index (χ0) is 19.0. The van der Waals surface area contributed by atoms with Gasteiger partial charge in [-0.05, 0) is 39.7 Å². The summed E-state index contributed by atoms with van der Waals surface area (Å²) < 4.78 is 5.03. The maximum atomic E-state index is 12.1. The van der Waals surface area contributed by atoms with E-state index >= 15 is 0 Å². The molecule has 0 spiro atoms. The minimum atomic E-state index is -0.338. The molecule has 1 rings (SSSR count). The molecule has 0 radical (unpaired) electrons. The molecule has 0 aromatic rings. The molecule has 0 unspecified atom stereocenters. The lowest BCUT2D eigenvalue weighted by Crippen LogP contribution is -2.28. The molecule has 136 valence electrons. The third-order valence-electron chi connectivity index (χ3n) is 3.03. The van der Waals surface area contributed by atoms with E-state index in [4.69, 9.17) is 4.74 Å². The van der Waals surface area contributed by atoms with E-state index in [1.165, 1.54) is 19.2 Å². The van der Waals surface area contributed by atoms with Crippen LogP contribution in [0.15, 0.2) is 48.2 Å². The number of amides is 1. The Morgan fingerprint density at radius 3 is 2.29 bits per heavy atom. The van der Waals surface area contributed by atoms with Crippen molar-refractivity contribution >= 4 is 11.9 Å². The number of ether oxygens (including phenoxy) is 1. The minimum absolute atomic E-state index is 0.279. The highest BCUT2D eigenvalue weighted by molar-refractivity contribution is 5.98. The van der Waals surface area contributed by atoms with Gasteiger partial charge in [0.1, 0.15) is 0 Å². The van der Waals surface area contributed by atoms with Crippen LogP contribution >= 0.6 is 0 Å². The number of hydrogen-bond acceptors (Lipinski definition) is 4. The monoisotopic (exact) mass is 336 g/mol. The van der Waals surface area contributed by atoms with Crippen molar-refractivity contribution in [2.24, 2.45) is 5.73 Å². The van der Waals surface area contributed by atoms with Crippen LogP contribution in [0.5, 0.6) is 0 Å². The van der Waals surface area contributed by atoms with Crippen LogP contribution in [0.25, 0.3) is 0 Å². The van der Waals surface area contributed by atoms with E-state index in [2.05, 4.69) is 24.2 Å². The van der Waals surface area contributed by atoms with Crippen LogP contribution in [0.2, 0.25) is 0 Å². The Morgan fingerprint density at radius 1 is 1.21 bits per heavy atom. The van der Waals surface area contributed by atoms with Crippen LogP contribution in [0, 0.1) is 0 Å². The highest BCUT2D eigenvalue weighted by atomic mass is 16.5. The smallest absolute Gasteiger partial charge is 0.335 e. The standard InChI is InChI=1S/C16H21NO3.C2H6.CH5N/c1-4-9-12(5-2)15(18)17-14-11-8-7-10-13(14)16(19)20-6-3;2*1-2/h4-5,9H,1-2,6-8,10-11H2,3H3,(H,17,18);1-2H3;2H2,1H3/b12-9+;;. The average molecular weight is 336 g/mol. The van der Waals surface area contributed by atoms with Gasteiger partial charge >= 0.3 is 5.97 Å². The van der Waals surface area contributed by atoms with E-state index < -0.39 is 0 Å². The molecule has 1 aliphatic carbocycles. The Bertz CT molecular complexity index is 477. The molecule has 0 heterocycles. The zero-order valence-corrected chi connectivity index (χ0v) is 15.5. The topological polar surface area (TPSA) is 81.4 Å². The fourth-order valence-corrected chi connectivity index (χ4v) is 2.06. The van der Waals surface area contributed by atoms with E-state index in [0.29, 0.717) is 36.3 Å². The summed E-state index contributed by atoms with van der Waals surface area (Å²) in [6.07, 6.45) is 7.77. The Kier molecular flexibility index (Phi) is 15.8. The second-order valence-electron chi connectivity index (χ2n) is 4.40. The van der Waals surface area contributed by atoms with Crippen LogP contribution in [-0.4, -0.2) is 25.5 Å². The van der Waals surface area contributed by atoms with Gasteiger partial charge in [0, 0.05) is 11.3 Å². The summed E-state index contributed by atoms with van der Waals surface area (Å²) in [5, 5.41) is 2.80. The molecular weight excluding hydrogens is 304 g/mol. The van der Waals surface area contributed by atoms with Crippen LogP contribution in [0.3, 0.4) is 0 Å². The lowest BCUT2D eigenvalue weighted by Gasteiger charge is -2.20. The number of esters is 1. The molecule has 0 aromatic carbocycles. The van der Waals surface area contributed by atoms with Crippen molar-refractivity contribution in [1.29, 1.82) is 0 Å². The molecule has 0 bridgehead atoms. The van der Waals surface area contributed by atoms with Crippen molar-refractivity contribution in [2.75, 3.05) is 13.7 Å². The summed E-state index contributed by atoms with van der Waals surface area (Å²) >= 11 is 0. The van der Waals surface area contributed by atoms with Crippen LogP contribution in [0.1, 0.15) is 46.5 Å². The summed E-state index contributed by atoms with van der Waals surface area (Å²) in [5.74, 6) is -0.617. The minimum Gasteiger partial charge on any atom is -0.463 e. The van der Waals surface area contributed by atoms with Crippen molar-refractivity contribution in [1.82, 2.24) is 5.32 Å². The summed E-state index contributed by atoms with van der Waals surface area (Å²) in [7, 11) is 1.50. The summed E-state index contributed by atoms with van der Waals surface area (Å²) in [4.78, 5) is 23.9. The van der Waals surface area contributed by atoms with Crippen molar-refractivity contribution in [2.45, 2.75) is 46.5 Å². The number of carbonyl (C=O) groups excluding carboxylic acids is 2. The van der Waals surface area contributed by atoms with Crippen molar-refractivity contribution < 1.29 is 14.3 Å². The first-order chi connectivity index (χ1) is 11.6. The Hall–Kier alpha value is -2.14. The van der Waals surface area contributed by atoms with Gasteiger partial charge in [0.05, 0.1) is 12.2 Å². The molecule has 5 nitrogen and oxygen atoms in total. The Labute approximate surface area is 146 Å². The van der Waals surface area contributed by atoms with E-state index in [0.717, 1.165) is 12.8 Å². The molecule has 5 heteroatoms. The molecule has 1 aliphatic rings. The maximum Gasteiger partial charge on any atom is 0.335 e. The molecule has 0 saturated heterocycles. The molecule has 24 heavy (non-hydrogen) atoms. The van der Waals surface area contributed by atoms with Gasteiger partial charge in [-0.25, -0.2) is 4.79 Å². The van der Waals surface area contributed by atoms with Crippen molar-refractivity contribution in [3.8, 4) is 0 Å². The molecular formula is C19H32N2O3. The van der Waals surface area contributed by atoms with Crippen LogP contribution in [0.4, 0.5) is 0 Å². The lowest BCUT2D eigenvalue weighted by molar-refractivity contribution is -0.138. The SMILES string of the molecule is C=C/C=C(\C=C)C(=O)NC1=C(C(=O)OCC)CCCC1.CC.CN. The molecule has 0 aliphatic heterocycles. The highest BCUT2D eigenvalue weighted by Gasteiger charge is 2.22. The second-order valence-corrected chi connectivity index (χ2v) is 4.40. The Balaban J connectivity index is 0. The van der Waals surface area contributed by atoms with Gasteiger partial charge in [-0.15, -0.1) is 0 Å². The fraction of sp³-hybridized carbons (Fsp3) is 0.474. The number of nitrogens with one attached hydrogen (secondary N) is 1. The quantitative estimate of drug-likeness (QED) is 0.442. The number of carbonyl (C=O) groups is 2. The first kappa shape index (κ1) is 24.1. The molecule has 0 aromatic heterocycles. The van der Waals surface area contributed by atoms with Gasteiger partial charge in [-0.2, -0.15) is 0 Å². The maximum absolute atomic E-state index is 12.1. The van der Waals surface area contributed by atoms with Crippen molar-refractivity contribution in [3.63, 3.8) is 0 Å². The molecule has 0 saturated carbocycles. The van der Waals surface area contributed by atoms with Gasteiger partial charge in [-0.3, -0.25) is 4.79 Å². The van der Waals surface area contributed by atoms with Gasteiger partial charge in [0.15, 0.2) is 0 Å². The summed E-state index contributed by atoms with van der Waals surface area (Å²) in [5.41, 5.74) is 6.16. The average Bonchev–Trinajstić information content (AvgIpc) is 2.63. The van der Waals surface area contributed by atoms with E-state index in [1.807, 2.05) is 13.8 Å². The van der Waals surface area contributed by atoms with Gasteiger partial charge in [0.25, 0.3) is 5.91 Å². The lowest BCUT2D eigenvalue weighted by atomic mass is 9.96. The number of rotatable bonds is 6. The zero-order valence-electron chi connectivity index (χ0n) is 15.5. The first-order valence-electron chi connectivity index (χ1n) is 8.37. The number of nitrogens with two attached hydrogens (primary N) is 1. The molecule has 1 amide bonds. The third kappa shape index (κ3) is 8.48.